The van der Waals surface area contributed by atoms with Crippen LogP contribution in [0.15, 0.2) is 47.4 Å². The van der Waals surface area contributed by atoms with Crippen molar-refractivity contribution in [1.82, 2.24) is 4.57 Å². The van der Waals surface area contributed by atoms with Gasteiger partial charge in [-0.05, 0) is 30.7 Å². The second kappa shape index (κ2) is 4.31. The van der Waals surface area contributed by atoms with E-state index in [1.165, 1.54) is 12.1 Å². The average molecular weight is 217 g/mol. The maximum Gasteiger partial charge on any atom is 0.253 e. The van der Waals surface area contributed by atoms with Crippen molar-refractivity contribution < 1.29 is 4.39 Å². The molecule has 0 saturated heterocycles. The maximum absolute atomic E-state index is 13.0. The highest BCUT2D eigenvalue weighted by Gasteiger charge is 2.00. The lowest BCUT2D eigenvalue weighted by Gasteiger charge is -2.06. The molecule has 3 heteroatoms. The van der Waals surface area contributed by atoms with Gasteiger partial charge in [0.1, 0.15) is 5.82 Å². The summed E-state index contributed by atoms with van der Waals surface area (Å²) in [5, 5.41) is 0. The summed E-state index contributed by atoms with van der Waals surface area (Å²) in [6, 6.07) is 9.86. The van der Waals surface area contributed by atoms with Crippen molar-refractivity contribution >= 4 is 0 Å². The highest BCUT2D eigenvalue weighted by atomic mass is 19.1. The zero-order valence-electron chi connectivity index (χ0n) is 8.98. The minimum atomic E-state index is -0.279. The first-order valence-electron chi connectivity index (χ1n) is 5.07. The van der Waals surface area contributed by atoms with Gasteiger partial charge in [-0.1, -0.05) is 18.2 Å². The molecule has 0 atom stereocenters. The topological polar surface area (TPSA) is 22.0 Å². The number of hydrogen-bond donors (Lipinski definition) is 0. The summed E-state index contributed by atoms with van der Waals surface area (Å²) in [5.41, 5.74) is 1.44. The number of nitrogens with zero attached hydrogens (tertiary/aromatic N) is 1. The Balaban J connectivity index is 2.34. The van der Waals surface area contributed by atoms with Gasteiger partial charge in [0.25, 0.3) is 5.56 Å². The fourth-order valence-electron chi connectivity index (χ4n) is 1.61. The highest BCUT2D eigenvalue weighted by molar-refractivity contribution is 5.17. The molecule has 0 aliphatic rings. The molecule has 0 aliphatic heterocycles. The molecule has 2 nitrogen and oxygen atoms in total. The molecule has 2 rings (SSSR count). The number of halogens is 1. The van der Waals surface area contributed by atoms with E-state index in [1.54, 1.807) is 35.9 Å². The van der Waals surface area contributed by atoms with E-state index in [1.807, 2.05) is 6.07 Å². The van der Waals surface area contributed by atoms with Gasteiger partial charge in [0, 0.05) is 11.8 Å². The van der Waals surface area contributed by atoms with Crippen LogP contribution in [0.25, 0.3) is 0 Å². The zero-order chi connectivity index (χ0) is 11.5. The number of pyridine rings is 1. The molecule has 0 amide bonds. The van der Waals surface area contributed by atoms with Gasteiger partial charge in [-0.15, -0.1) is 0 Å². The molecule has 1 heterocycles. The summed E-state index contributed by atoms with van der Waals surface area (Å²) >= 11 is 0. The van der Waals surface area contributed by atoms with Gasteiger partial charge in [-0.2, -0.15) is 0 Å². The van der Waals surface area contributed by atoms with Gasteiger partial charge in [-0.25, -0.2) is 4.39 Å². The number of rotatable bonds is 2. The molecule has 0 bridgehead atoms. The fourth-order valence-corrected chi connectivity index (χ4v) is 1.61. The molecule has 1 aromatic heterocycles. The molecule has 16 heavy (non-hydrogen) atoms. The summed E-state index contributed by atoms with van der Waals surface area (Å²) in [4.78, 5) is 11.7. The van der Waals surface area contributed by atoms with Crippen molar-refractivity contribution in [2.45, 2.75) is 13.5 Å². The van der Waals surface area contributed by atoms with Crippen LogP contribution in [0.5, 0.6) is 0 Å². The minimum absolute atomic E-state index is 0.0354. The van der Waals surface area contributed by atoms with Gasteiger partial charge in [0.05, 0.1) is 6.54 Å². The lowest BCUT2D eigenvalue weighted by atomic mass is 10.2. The zero-order valence-corrected chi connectivity index (χ0v) is 8.98. The molecule has 2 aromatic rings. The monoisotopic (exact) mass is 217 g/mol. The van der Waals surface area contributed by atoms with E-state index in [4.69, 9.17) is 0 Å². The molecule has 0 spiro atoms. The Hall–Kier alpha value is -1.90. The number of aryl methyl sites for hydroxylation is 1. The predicted molar refractivity (Wildman–Crippen MR) is 60.9 cm³/mol. The predicted octanol–water partition coefficient (Wildman–Crippen LogP) is 2.34. The third kappa shape index (κ3) is 2.19. The second-order valence-corrected chi connectivity index (χ2v) is 3.75. The van der Waals surface area contributed by atoms with Crippen molar-refractivity contribution in [2.24, 2.45) is 0 Å². The molecule has 0 fully saturated rings. The molecule has 0 N–H and O–H groups in total. The van der Waals surface area contributed by atoms with E-state index in [0.29, 0.717) is 12.1 Å². The maximum atomic E-state index is 13.0. The largest absolute Gasteiger partial charge is 0.311 e. The molecule has 0 radical (unpaired) electrons. The van der Waals surface area contributed by atoms with Crippen LogP contribution in [0.3, 0.4) is 0 Å². The van der Waals surface area contributed by atoms with Gasteiger partial charge in [0.15, 0.2) is 0 Å². The first kappa shape index (κ1) is 10.6. The number of benzene rings is 1. The highest BCUT2D eigenvalue weighted by Crippen LogP contribution is 2.04. The molecular formula is C13H12FNO. The van der Waals surface area contributed by atoms with Crippen LogP contribution in [-0.4, -0.2) is 4.57 Å². The van der Waals surface area contributed by atoms with Crippen molar-refractivity contribution in [3.63, 3.8) is 0 Å². The summed E-state index contributed by atoms with van der Waals surface area (Å²) < 4.78 is 14.5. The Morgan fingerprint density at radius 3 is 2.81 bits per heavy atom. The first-order valence-corrected chi connectivity index (χ1v) is 5.07. The van der Waals surface area contributed by atoms with Gasteiger partial charge in [0.2, 0.25) is 0 Å². The van der Waals surface area contributed by atoms with E-state index < -0.39 is 0 Å². The molecular weight excluding hydrogens is 205 g/mol. The quantitative estimate of drug-likeness (QED) is 0.756. The van der Waals surface area contributed by atoms with Crippen molar-refractivity contribution in [3.8, 4) is 0 Å². The lowest BCUT2D eigenvalue weighted by Crippen LogP contribution is -2.21. The Bertz CT molecular complexity index is 560. The molecule has 82 valence electrons. The number of hydrogen-bond acceptors (Lipinski definition) is 1. The van der Waals surface area contributed by atoms with Crippen LogP contribution in [0.4, 0.5) is 4.39 Å². The van der Waals surface area contributed by atoms with E-state index in [0.717, 1.165) is 5.56 Å². The van der Waals surface area contributed by atoms with E-state index in [2.05, 4.69) is 0 Å². The summed E-state index contributed by atoms with van der Waals surface area (Å²) in [5.74, 6) is -0.279. The molecule has 0 unspecified atom stereocenters. The van der Waals surface area contributed by atoms with Gasteiger partial charge in [-0.3, -0.25) is 4.79 Å². The minimum Gasteiger partial charge on any atom is -0.311 e. The van der Waals surface area contributed by atoms with Crippen LogP contribution in [0.1, 0.15) is 11.1 Å². The first-order chi connectivity index (χ1) is 7.66. The normalized spacial score (nSPS) is 10.4. The Morgan fingerprint density at radius 1 is 1.25 bits per heavy atom. The summed E-state index contributed by atoms with van der Waals surface area (Å²) in [7, 11) is 0. The SMILES string of the molecule is Cc1cccn(Cc2cccc(F)c2)c1=O. The Kier molecular flexibility index (Phi) is 2.86. The van der Waals surface area contributed by atoms with Gasteiger partial charge < -0.3 is 4.57 Å². The van der Waals surface area contributed by atoms with Crippen LogP contribution >= 0.6 is 0 Å². The van der Waals surface area contributed by atoms with Crippen molar-refractivity contribution in [1.29, 1.82) is 0 Å². The fraction of sp³-hybridized carbons (Fsp3) is 0.154. The standard InChI is InChI=1S/C13H12FNO/c1-10-4-3-7-15(13(10)16)9-11-5-2-6-12(14)8-11/h2-8H,9H2,1H3. The smallest absolute Gasteiger partial charge is 0.253 e. The summed E-state index contributed by atoms with van der Waals surface area (Å²) in [6.45, 7) is 2.17. The number of aromatic nitrogens is 1. The van der Waals surface area contributed by atoms with Crippen LogP contribution in [0, 0.1) is 12.7 Å². The van der Waals surface area contributed by atoms with Crippen LogP contribution < -0.4 is 5.56 Å². The van der Waals surface area contributed by atoms with Crippen molar-refractivity contribution in [3.05, 3.63) is 69.9 Å². The van der Waals surface area contributed by atoms with Gasteiger partial charge >= 0.3 is 0 Å². The van der Waals surface area contributed by atoms with Crippen molar-refractivity contribution in [2.75, 3.05) is 0 Å². The summed E-state index contributed by atoms with van der Waals surface area (Å²) in [6.07, 6.45) is 1.71. The Labute approximate surface area is 93.0 Å². The van der Waals surface area contributed by atoms with Crippen LogP contribution in [-0.2, 0) is 6.54 Å². The van der Waals surface area contributed by atoms with E-state index in [9.17, 15) is 9.18 Å². The third-order valence-electron chi connectivity index (χ3n) is 2.45. The molecule has 0 aliphatic carbocycles. The average Bonchev–Trinajstić information content (AvgIpc) is 2.25. The Morgan fingerprint density at radius 2 is 2.06 bits per heavy atom. The van der Waals surface area contributed by atoms with E-state index >= 15 is 0 Å². The van der Waals surface area contributed by atoms with Crippen LogP contribution in [0.2, 0.25) is 0 Å². The molecule has 1 aromatic carbocycles. The third-order valence-corrected chi connectivity index (χ3v) is 2.45. The second-order valence-electron chi connectivity index (χ2n) is 3.75. The van der Waals surface area contributed by atoms with E-state index in [-0.39, 0.29) is 11.4 Å². The lowest BCUT2D eigenvalue weighted by molar-refractivity contribution is 0.622. The molecule has 0 saturated carbocycles.